The predicted octanol–water partition coefficient (Wildman–Crippen LogP) is 1.98. The summed E-state index contributed by atoms with van der Waals surface area (Å²) in [6.45, 7) is 10.7. The van der Waals surface area contributed by atoms with E-state index in [1.165, 1.54) is 51.7 Å². The Labute approximate surface area is 113 Å². The van der Waals surface area contributed by atoms with Gasteiger partial charge in [-0.25, -0.2) is 0 Å². The molecule has 0 aromatic rings. The first kappa shape index (κ1) is 14.3. The van der Waals surface area contributed by atoms with Crippen LogP contribution in [-0.4, -0.2) is 48.7 Å². The number of hydrogen-bond donors (Lipinski definition) is 2. The van der Waals surface area contributed by atoms with Crippen molar-refractivity contribution in [1.82, 2.24) is 15.5 Å². The molecule has 0 aromatic heterocycles. The lowest BCUT2D eigenvalue weighted by Gasteiger charge is -2.36. The van der Waals surface area contributed by atoms with Gasteiger partial charge in [0.25, 0.3) is 0 Å². The molecule has 2 unspecified atom stereocenters. The SMILES string of the molecule is CC(CC1CCCN1)NC1CCN(C(C)C)CC1. The zero-order valence-corrected chi connectivity index (χ0v) is 12.4. The summed E-state index contributed by atoms with van der Waals surface area (Å²) in [5.74, 6) is 0. The van der Waals surface area contributed by atoms with E-state index < -0.39 is 0 Å². The van der Waals surface area contributed by atoms with Crippen LogP contribution < -0.4 is 10.6 Å². The van der Waals surface area contributed by atoms with E-state index in [0.717, 1.165) is 12.1 Å². The van der Waals surface area contributed by atoms with Crippen molar-refractivity contribution >= 4 is 0 Å². The summed E-state index contributed by atoms with van der Waals surface area (Å²) in [7, 11) is 0. The van der Waals surface area contributed by atoms with Crippen LogP contribution in [-0.2, 0) is 0 Å². The summed E-state index contributed by atoms with van der Waals surface area (Å²) < 4.78 is 0. The van der Waals surface area contributed by atoms with Gasteiger partial charge in [-0.15, -0.1) is 0 Å². The molecule has 0 amide bonds. The van der Waals surface area contributed by atoms with Gasteiger partial charge >= 0.3 is 0 Å². The van der Waals surface area contributed by atoms with Gasteiger partial charge in [0.2, 0.25) is 0 Å². The zero-order valence-electron chi connectivity index (χ0n) is 12.4. The summed E-state index contributed by atoms with van der Waals surface area (Å²) in [5, 5.41) is 7.44. The van der Waals surface area contributed by atoms with E-state index >= 15 is 0 Å². The minimum Gasteiger partial charge on any atom is -0.314 e. The summed E-state index contributed by atoms with van der Waals surface area (Å²) in [5.41, 5.74) is 0. The van der Waals surface area contributed by atoms with Crippen LogP contribution in [0.25, 0.3) is 0 Å². The van der Waals surface area contributed by atoms with E-state index in [2.05, 4.69) is 36.3 Å². The molecule has 2 fully saturated rings. The number of rotatable bonds is 5. The van der Waals surface area contributed by atoms with Crippen molar-refractivity contribution in [3.8, 4) is 0 Å². The monoisotopic (exact) mass is 253 g/mol. The highest BCUT2D eigenvalue weighted by molar-refractivity contribution is 4.84. The van der Waals surface area contributed by atoms with E-state index in [1.807, 2.05) is 0 Å². The molecule has 2 heterocycles. The highest BCUT2D eigenvalue weighted by atomic mass is 15.2. The Hall–Kier alpha value is -0.120. The van der Waals surface area contributed by atoms with Gasteiger partial charge < -0.3 is 15.5 Å². The van der Waals surface area contributed by atoms with Gasteiger partial charge in [0.05, 0.1) is 0 Å². The molecular formula is C15H31N3. The largest absolute Gasteiger partial charge is 0.314 e. The van der Waals surface area contributed by atoms with Gasteiger partial charge in [-0.2, -0.15) is 0 Å². The molecule has 0 aliphatic carbocycles. The third-order valence-electron chi connectivity index (χ3n) is 4.58. The van der Waals surface area contributed by atoms with Gasteiger partial charge in [0.15, 0.2) is 0 Å². The molecule has 0 radical (unpaired) electrons. The van der Waals surface area contributed by atoms with Crippen molar-refractivity contribution in [3.05, 3.63) is 0 Å². The molecule has 2 N–H and O–H groups in total. The van der Waals surface area contributed by atoms with Crippen LogP contribution >= 0.6 is 0 Å². The standard InChI is InChI=1S/C15H31N3/c1-12(2)18-9-6-14(7-10-18)17-13(3)11-15-5-4-8-16-15/h12-17H,4-11H2,1-3H3. The first-order valence-corrected chi connectivity index (χ1v) is 7.88. The molecule has 0 spiro atoms. The molecular weight excluding hydrogens is 222 g/mol. The molecule has 2 saturated heterocycles. The normalized spacial score (nSPS) is 29.0. The maximum Gasteiger partial charge on any atom is 0.00939 e. The number of likely N-dealkylation sites (tertiary alicyclic amines) is 1. The first-order chi connectivity index (χ1) is 8.65. The summed E-state index contributed by atoms with van der Waals surface area (Å²) in [6.07, 6.45) is 6.67. The van der Waals surface area contributed by atoms with Crippen molar-refractivity contribution in [2.24, 2.45) is 0 Å². The number of hydrogen-bond acceptors (Lipinski definition) is 3. The van der Waals surface area contributed by atoms with Crippen LogP contribution in [0.15, 0.2) is 0 Å². The molecule has 3 heteroatoms. The van der Waals surface area contributed by atoms with Crippen LogP contribution in [0.4, 0.5) is 0 Å². The Balaban J connectivity index is 1.64. The number of nitrogens with one attached hydrogen (secondary N) is 2. The fourth-order valence-corrected chi connectivity index (χ4v) is 3.44. The molecule has 0 bridgehead atoms. The zero-order chi connectivity index (χ0) is 13.0. The molecule has 18 heavy (non-hydrogen) atoms. The average molecular weight is 253 g/mol. The van der Waals surface area contributed by atoms with Crippen molar-refractivity contribution in [2.75, 3.05) is 19.6 Å². The van der Waals surface area contributed by atoms with Crippen molar-refractivity contribution in [3.63, 3.8) is 0 Å². The second kappa shape index (κ2) is 6.88. The molecule has 2 aliphatic heterocycles. The average Bonchev–Trinajstić information content (AvgIpc) is 2.82. The first-order valence-electron chi connectivity index (χ1n) is 7.88. The molecule has 0 saturated carbocycles. The van der Waals surface area contributed by atoms with Gasteiger partial charge in [-0.05, 0) is 72.5 Å². The van der Waals surface area contributed by atoms with Gasteiger partial charge in [0, 0.05) is 24.2 Å². The Kier molecular flexibility index (Phi) is 5.46. The lowest BCUT2D eigenvalue weighted by Crippen LogP contribution is -2.48. The van der Waals surface area contributed by atoms with E-state index in [1.54, 1.807) is 0 Å². The molecule has 2 atom stereocenters. The third kappa shape index (κ3) is 4.22. The molecule has 106 valence electrons. The fraction of sp³-hybridized carbons (Fsp3) is 1.00. The Bertz CT molecular complexity index is 228. The minimum atomic E-state index is 0.663. The van der Waals surface area contributed by atoms with Crippen LogP contribution in [0, 0.1) is 0 Å². The van der Waals surface area contributed by atoms with E-state index in [-0.39, 0.29) is 0 Å². The Morgan fingerprint density at radius 2 is 1.89 bits per heavy atom. The number of nitrogens with zero attached hydrogens (tertiary/aromatic N) is 1. The van der Waals surface area contributed by atoms with Crippen LogP contribution in [0.2, 0.25) is 0 Å². The quantitative estimate of drug-likeness (QED) is 0.784. The molecule has 2 aliphatic rings. The lowest BCUT2D eigenvalue weighted by molar-refractivity contribution is 0.156. The maximum absolute atomic E-state index is 3.84. The summed E-state index contributed by atoms with van der Waals surface area (Å²) in [4.78, 5) is 2.60. The van der Waals surface area contributed by atoms with E-state index in [4.69, 9.17) is 0 Å². The second-order valence-corrected chi connectivity index (χ2v) is 6.50. The summed E-state index contributed by atoms with van der Waals surface area (Å²) >= 11 is 0. The van der Waals surface area contributed by atoms with Gasteiger partial charge in [-0.1, -0.05) is 0 Å². The predicted molar refractivity (Wildman–Crippen MR) is 78.0 cm³/mol. The number of piperidine rings is 1. The topological polar surface area (TPSA) is 27.3 Å². The van der Waals surface area contributed by atoms with Gasteiger partial charge in [-0.3, -0.25) is 0 Å². The Morgan fingerprint density at radius 1 is 1.17 bits per heavy atom. The maximum atomic E-state index is 3.84. The third-order valence-corrected chi connectivity index (χ3v) is 4.58. The molecule has 2 rings (SSSR count). The fourth-order valence-electron chi connectivity index (χ4n) is 3.44. The highest BCUT2D eigenvalue weighted by Crippen LogP contribution is 2.16. The molecule has 0 aromatic carbocycles. The van der Waals surface area contributed by atoms with Crippen LogP contribution in [0.3, 0.4) is 0 Å². The minimum absolute atomic E-state index is 0.663. The van der Waals surface area contributed by atoms with Crippen LogP contribution in [0.5, 0.6) is 0 Å². The lowest BCUT2D eigenvalue weighted by atomic mass is 10.0. The van der Waals surface area contributed by atoms with Gasteiger partial charge in [0.1, 0.15) is 0 Å². The van der Waals surface area contributed by atoms with Crippen molar-refractivity contribution in [2.45, 2.75) is 77.0 Å². The van der Waals surface area contributed by atoms with Crippen molar-refractivity contribution in [1.29, 1.82) is 0 Å². The van der Waals surface area contributed by atoms with E-state index in [9.17, 15) is 0 Å². The highest BCUT2D eigenvalue weighted by Gasteiger charge is 2.23. The second-order valence-electron chi connectivity index (χ2n) is 6.50. The van der Waals surface area contributed by atoms with Crippen molar-refractivity contribution < 1.29 is 0 Å². The molecule has 3 nitrogen and oxygen atoms in total. The Morgan fingerprint density at radius 3 is 2.44 bits per heavy atom. The summed E-state index contributed by atoms with van der Waals surface area (Å²) in [6, 6.07) is 2.89. The smallest absolute Gasteiger partial charge is 0.00939 e. The van der Waals surface area contributed by atoms with E-state index in [0.29, 0.717) is 12.1 Å². The van der Waals surface area contributed by atoms with Crippen LogP contribution in [0.1, 0.15) is 52.9 Å².